The third-order valence-corrected chi connectivity index (χ3v) is 2.82. The van der Waals surface area contributed by atoms with Crippen molar-refractivity contribution >= 4 is 6.09 Å². The Morgan fingerprint density at radius 3 is 2.57 bits per heavy atom. The number of carbonyl (C=O) groups is 1. The molecular weight excluding hydrogens is 180 g/mol. The van der Waals surface area contributed by atoms with Gasteiger partial charge in [-0.05, 0) is 32.6 Å². The van der Waals surface area contributed by atoms with Crippen LogP contribution >= 0.6 is 0 Å². The number of nitriles is 1. The molecule has 1 rings (SSSR count). The van der Waals surface area contributed by atoms with E-state index in [2.05, 4.69) is 6.07 Å². The molecule has 4 nitrogen and oxygen atoms in total. The topological polar surface area (TPSA) is 53.3 Å². The zero-order valence-electron chi connectivity index (χ0n) is 8.75. The number of amides is 1. The molecule has 0 saturated heterocycles. The monoisotopic (exact) mass is 196 g/mol. The molecule has 1 saturated carbocycles. The summed E-state index contributed by atoms with van der Waals surface area (Å²) in [6.07, 6.45) is 3.16. The van der Waals surface area contributed by atoms with Gasteiger partial charge in [-0.15, -0.1) is 0 Å². The maximum absolute atomic E-state index is 11.4. The Morgan fingerprint density at radius 1 is 1.57 bits per heavy atom. The van der Waals surface area contributed by atoms with E-state index in [1.54, 1.807) is 14.0 Å². The molecule has 0 bridgehead atoms. The Balaban J connectivity index is 2.70. The molecule has 1 aliphatic carbocycles. The molecule has 1 aliphatic rings. The van der Waals surface area contributed by atoms with E-state index in [9.17, 15) is 4.79 Å². The summed E-state index contributed by atoms with van der Waals surface area (Å²) in [5.41, 5.74) is -0.619. The number of nitrogens with zero attached hydrogens (tertiary/aromatic N) is 2. The number of ether oxygens (including phenoxy) is 1. The summed E-state index contributed by atoms with van der Waals surface area (Å²) in [6, 6.07) is 2.24. The lowest BCUT2D eigenvalue weighted by Crippen LogP contribution is -2.46. The van der Waals surface area contributed by atoms with Crippen molar-refractivity contribution < 1.29 is 9.53 Å². The summed E-state index contributed by atoms with van der Waals surface area (Å²) in [5.74, 6) is 0. The van der Waals surface area contributed by atoms with Gasteiger partial charge in [0.25, 0.3) is 0 Å². The van der Waals surface area contributed by atoms with Crippen molar-refractivity contribution in [2.75, 3.05) is 13.7 Å². The maximum Gasteiger partial charge on any atom is 0.410 e. The van der Waals surface area contributed by atoms with Gasteiger partial charge >= 0.3 is 6.09 Å². The molecule has 1 amide bonds. The standard InChI is InChI=1S/C10H16N2O2/c1-3-14-9(13)12(2)10(8-11)6-4-5-7-10/h3-7H2,1-2H3. The summed E-state index contributed by atoms with van der Waals surface area (Å²) in [4.78, 5) is 12.9. The smallest absolute Gasteiger partial charge is 0.410 e. The van der Waals surface area contributed by atoms with Crippen LogP contribution in [0, 0.1) is 11.3 Å². The van der Waals surface area contributed by atoms with Gasteiger partial charge in [0.1, 0.15) is 5.54 Å². The van der Waals surface area contributed by atoms with Crippen molar-refractivity contribution in [2.45, 2.75) is 38.1 Å². The number of carbonyl (C=O) groups excluding carboxylic acids is 1. The Bertz CT molecular complexity index is 251. The van der Waals surface area contributed by atoms with Crippen molar-refractivity contribution in [2.24, 2.45) is 0 Å². The Labute approximate surface area is 84.4 Å². The third kappa shape index (κ3) is 1.82. The first kappa shape index (κ1) is 10.8. The van der Waals surface area contributed by atoms with Crippen molar-refractivity contribution in [1.29, 1.82) is 5.26 Å². The van der Waals surface area contributed by atoms with Crippen molar-refractivity contribution in [3.05, 3.63) is 0 Å². The second kappa shape index (κ2) is 4.32. The molecule has 14 heavy (non-hydrogen) atoms. The van der Waals surface area contributed by atoms with Crippen LogP contribution < -0.4 is 0 Å². The van der Waals surface area contributed by atoms with Crippen LogP contribution in [0.4, 0.5) is 4.79 Å². The van der Waals surface area contributed by atoms with E-state index in [0.29, 0.717) is 6.61 Å². The average Bonchev–Trinajstić information content (AvgIpc) is 2.66. The van der Waals surface area contributed by atoms with Crippen molar-refractivity contribution in [3.8, 4) is 6.07 Å². The van der Waals surface area contributed by atoms with Gasteiger partial charge in [-0.3, -0.25) is 4.90 Å². The van der Waals surface area contributed by atoms with Crippen LogP contribution in [-0.2, 0) is 4.74 Å². The summed E-state index contributed by atoms with van der Waals surface area (Å²) >= 11 is 0. The van der Waals surface area contributed by atoms with Gasteiger partial charge in [-0.2, -0.15) is 5.26 Å². The van der Waals surface area contributed by atoms with Crippen LogP contribution in [0.2, 0.25) is 0 Å². The van der Waals surface area contributed by atoms with Crippen LogP contribution in [0.3, 0.4) is 0 Å². The molecule has 0 radical (unpaired) electrons. The molecule has 1 fully saturated rings. The highest BCUT2D eigenvalue weighted by Crippen LogP contribution is 2.34. The first-order valence-corrected chi connectivity index (χ1v) is 4.98. The first-order valence-electron chi connectivity index (χ1n) is 4.98. The molecule has 0 atom stereocenters. The zero-order chi connectivity index (χ0) is 10.6. The molecule has 4 heteroatoms. The van der Waals surface area contributed by atoms with E-state index < -0.39 is 11.6 Å². The molecule has 0 spiro atoms. The van der Waals surface area contributed by atoms with Crippen LogP contribution in [0.25, 0.3) is 0 Å². The summed E-state index contributed by atoms with van der Waals surface area (Å²) in [5, 5.41) is 9.10. The molecular formula is C10H16N2O2. The van der Waals surface area contributed by atoms with Gasteiger partial charge in [0.15, 0.2) is 0 Å². The van der Waals surface area contributed by atoms with E-state index in [-0.39, 0.29) is 0 Å². The highest BCUT2D eigenvalue weighted by atomic mass is 16.6. The van der Waals surface area contributed by atoms with E-state index in [1.807, 2.05) is 0 Å². The van der Waals surface area contributed by atoms with Gasteiger partial charge in [-0.25, -0.2) is 4.79 Å². The van der Waals surface area contributed by atoms with E-state index in [1.165, 1.54) is 4.90 Å². The minimum absolute atomic E-state index is 0.352. The number of rotatable bonds is 2. The van der Waals surface area contributed by atoms with Gasteiger partial charge in [0.05, 0.1) is 12.7 Å². The van der Waals surface area contributed by atoms with Crippen LogP contribution in [-0.4, -0.2) is 30.2 Å². The fraction of sp³-hybridized carbons (Fsp3) is 0.800. The van der Waals surface area contributed by atoms with E-state index in [0.717, 1.165) is 25.7 Å². The molecule has 0 aromatic heterocycles. The summed E-state index contributed by atoms with van der Waals surface area (Å²) < 4.78 is 4.88. The molecule has 0 N–H and O–H groups in total. The van der Waals surface area contributed by atoms with Crippen molar-refractivity contribution in [1.82, 2.24) is 4.90 Å². The van der Waals surface area contributed by atoms with Crippen LogP contribution in [0.15, 0.2) is 0 Å². The second-order valence-corrected chi connectivity index (χ2v) is 3.61. The van der Waals surface area contributed by atoms with Crippen molar-refractivity contribution in [3.63, 3.8) is 0 Å². The average molecular weight is 196 g/mol. The largest absolute Gasteiger partial charge is 0.450 e. The third-order valence-electron chi connectivity index (χ3n) is 2.82. The lowest BCUT2D eigenvalue weighted by atomic mass is 9.98. The lowest BCUT2D eigenvalue weighted by Gasteiger charge is -2.31. The summed E-state index contributed by atoms with van der Waals surface area (Å²) in [6.45, 7) is 2.12. The van der Waals surface area contributed by atoms with E-state index in [4.69, 9.17) is 10.00 Å². The van der Waals surface area contributed by atoms with Gasteiger partial charge in [-0.1, -0.05) is 0 Å². The van der Waals surface area contributed by atoms with Gasteiger partial charge < -0.3 is 4.74 Å². The number of hydrogen-bond acceptors (Lipinski definition) is 3. The molecule has 0 unspecified atom stereocenters. The quantitative estimate of drug-likeness (QED) is 0.677. The van der Waals surface area contributed by atoms with Gasteiger partial charge in [0, 0.05) is 7.05 Å². The Morgan fingerprint density at radius 2 is 2.14 bits per heavy atom. The predicted octanol–water partition coefficient (Wildman–Crippen LogP) is 1.91. The minimum Gasteiger partial charge on any atom is -0.450 e. The van der Waals surface area contributed by atoms with Gasteiger partial charge in [0.2, 0.25) is 0 Å². The fourth-order valence-electron chi connectivity index (χ4n) is 1.88. The lowest BCUT2D eigenvalue weighted by molar-refractivity contribution is 0.0868. The Kier molecular flexibility index (Phi) is 3.34. The van der Waals surface area contributed by atoms with Crippen LogP contribution in [0.5, 0.6) is 0 Å². The molecule has 0 aromatic carbocycles. The SMILES string of the molecule is CCOC(=O)N(C)C1(C#N)CCCC1. The second-order valence-electron chi connectivity index (χ2n) is 3.61. The predicted molar refractivity (Wildman–Crippen MR) is 51.6 cm³/mol. The first-order chi connectivity index (χ1) is 6.66. The molecule has 0 heterocycles. The highest BCUT2D eigenvalue weighted by molar-refractivity contribution is 5.69. The van der Waals surface area contributed by atoms with Crippen LogP contribution in [0.1, 0.15) is 32.6 Å². The molecule has 0 aliphatic heterocycles. The minimum atomic E-state index is -0.619. The number of hydrogen-bond donors (Lipinski definition) is 0. The van der Waals surface area contributed by atoms with E-state index >= 15 is 0 Å². The molecule has 0 aromatic rings. The zero-order valence-corrected chi connectivity index (χ0v) is 8.75. The normalized spacial score (nSPS) is 18.6. The molecule has 78 valence electrons. The fourth-order valence-corrected chi connectivity index (χ4v) is 1.88. The highest BCUT2D eigenvalue weighted by Gasteiger charge is 2.41. The Hall–Kier alpha value is -1.24. The maximum atomic E-state index is 11.4. The summed E-state index contributed by atoms with van der Waals surface area (Å²) in [7, 11) is 1.65.